The van der Waals surface area contributed by atoms with E-state index in [0.29, 0.717) is 76.3 Å². The number of halogens is 1. The lowest BCUT2D eigenvalue weighted by atomic mass is 10.1. The van der Waals surface area contributed by atoms with E-state index in [1.165, 1.54) is 18.5 Å². The van der Waals surface area contributed by atoms with Crippen molar-refractivity contribution in [1.29, 1.82) is 0 Å². The van der Waals surface area contributed by atoms with Crippen LogP contribution in [0.25, 0.3) is 12.2 Å². The SMILES string of the molecule is C#CCOCCOCCOCCOCCOC1C=c2ncnc(Nc3cccc(F)c3)c2=CC1OC. The highest BCUT2D eigenvalue weighted by molar-refractivity contribution is 5.60. The van der Waals surface area contributed by atoms with Gasteiger partial charge in [0.2, 0.25) is 0 Å². The second kappa shape index (κ2) is 16.0. The van der Waals surface area contributed by atoms with Gasteiger partial charge in [-0.15, -0.1) is 6.42 Å². The van der Waals surface area contributed by atoms with Crippen molar-refractivity contribution >= 4 is 23.7 Å². The largest absolute Gasteiger partial charge is 0.377 e. The third kappa shape index (κ3) is 9.28. The number of nitrogens with zero attached hydrogens (tertiary/aromatic N) is 2. The van der Waals surface area contributed by atoms with Gasteiger partial charge in [-0.2, -0.15) is 0 Å². The predicted octanol–water partition coefficient (Wildman–Crippen LogP) is 1.03. The first-order chi connectivity index (χ1) is 17.7. The van der Waals surface area contributed by atoms with Gasteiger partial charge in [0.15, 0.2) is 0 Å². The predicted molar refractivity (Wildman–Crippen MR) is 133 cm³/mol. The maximum atomic E-state index is 13.5. The molecule has 36 heavy (non-hydrogen) atoms. The maximum Gasteiger partial charge on any atom is 0.141 e. The van der Waals surface area contributed by atoms with Crippen molar-refractivity contribution in [2.45, 2.75) is 12.2 Å². The molecule has 0 saturated carbocycles. The van der Waals surface area contributed by atoms with Gasteiger partial charge in [-0.25, -0.2) is 14.4 Å². The summed E-state index contributed by atoms with van der Waals surface area (Å²) < 4.78 is 46.6. The molecular weight excluding hydrogens is 469 g/mol. The number of aromatic nitrogens is 2. The first-order valence-electron chi connectivity index (χ1n) is 11.7. The van der Waals surface area contributed by atoms with Gasteiger partial charge in [-0.1, -0.05) is 12.0 Å². The molecule has 2 atom stereocenters. The quantitative estimate of drug-likeness (QED) is 0.252. The first-order valence-corrected chi connectivity index (χ1v) is 11.7. The molecule has 194 valence electrons. The van der Waals surface area contributed by atoms with Crippen LogP contribution in [0.15, 0.2) is 30.6 Å². The Hall–Kier alpha value is -2.91. The number of rotatable bonds is 17. The smallest absolute Gasteiger partial charge is 0.141 e. The normalized spacial score (nSPS) is 16.5. The van der Waals surface area contributed by atoms with Gasteiger partial charge in [-0.3, -0.25) is 0 Å². The molecule has 2 unspecified atom stereocenters. The molecule has 1 aliphatic rings. The van der Waals surface area contributed by atoms with Crippen LogP contribution in [0, 0.1) is 18.2 Å². The zero-order valence-electron chi connectivity index (χ0n) is 20.4. The van der Waals surface area contributed by atoms with E-state index in [1.807, 2.05) is 12.2 Å². The van der Waals surface area contributed by atoms with Gasteiger partial charge < -0.3 is 33.7 Å². The third-order valence-electron chi connectivity index (χ3n) is 5.09. The van der Waals surface area contributed by atoms with E-state index in [4.69, 9.17) is 34.8 Å². The van der Waals surface area contributed by atoms with Crippen molar-refractivity contribution < 1.29 is 32.8 Å². The van der Waals surface area contributed by atoms with Crippen molar-refractivity contribution in [3.05, 3.63) is 47.0 Å². The highest BCUT2D eigenvalue weighted by Crippen LogP contribution is 2.14. The van der Waals surface area contributed by atoms with Gasteiger partial charge in [0.05, 0.1) is 58.2 Å². The van der Waals surface area contributed by atoms with Crippen molar-refractivity contribution in [1.82, 2.24) is 9.97 Å². The number of fused-ring (bicyclic) bond motifs is 1. The Morgan fingerprint density at radius 1 is 0.917 bits per heavy atom. The highest BCUT2D eigenvalue weighted by Gasteiger charge is 2.22. The minimum atomic E-state index is -0.336. The van der Waals surface area contributed by atoms with Crippen LogP contribution in [0.4, 0.5) is 15.9 Å². The zero-order valence-corrected chi connectivity index (χ0v) is 20.4. The Bertz CT molecular complexity index is 1090. The zero-order chi connectivity index (χ0) is 25.4. The summed E-state index contributed by atoms with van der Waals surface area (Å²) in [4.78, 5) is 8.66. The van der Waals surface area contributed by atoms with E-state index >= 15 is 0 Å². The maximum absolute atomic E-state index is 13.5. The van der Waals surface area contributed by atoms with Crippen LogP contribution in [-0.2, 0) is 28.4 Å². The number of hydrogen-bond acceptors (Lipinski definition) is 9. The summed E-state index contributed by atoms with van der Waals surface area (Å²) in [5.41, 5.74) is 0.594. The average Bonchev–Trinajstić information content (AvgIpc) is 2.88. The number of hydrogen-bond donors (Lipinski definition) is 1. The lowest BCUT2D eigenvalue weighted by Gasteiger charge is -2.24. The molecule has 2 aromatic rings. The van der Waals surface area contributed by atoms with E-state index < -0.39 is 0 Å². The van der Waals surface area contributed by atoms with Gasteiger partial charge >= 0.3 is 0 Å². The lowest BCUT2D eigenvalue weighted by molar-refractivity contribution is -0.0336. The van der Waals surface area contributed by atoms with Crippen molar-refractivity contribution in [2.24, 2.45) is 0 Å². The number of ether oxygens (including phenoxy) is 6. The minimum absolute atomic E-state index is 0.294. The first kappa shape index (κ1) is 27.7. The molecule has 1 heterocycles. The standard InChI is InChI=1S/C26H32FN3O6/c1-3-7-32-8-9-33-10-11-34-12-13-35-14-15-36-25-18-23-22(17-24(25)31-2)26(29-19-28-23)30-21-6-4-5-20(27)16-21/h1,4-6,16-19,24-25H,7-15H2,2H3,(H,28,29,30). The number of benzene rings is 1. The second-order valence-corrected chi connectivity index (χ2v) is 7.62. The Labute approximate surface area is 210 Å². The lowest BCUT2D eigenvalue weighted by Crippen LogP contribution is -2.43. The summed E-state index contributed by atoms with van der Waals surface area (Å²) in [7, 11) is 1.61. The molecule has 1 aliphatic carbocycles. The molecule has 1 aromatic carbocycles. The molecule has 0 fully saturated rings. The molecule has 1 N–H and O–H groups in total. The van der Waals surface area contributed by atoms with Gasteiger partial charge in [0, 0.05) is 18.0 Å². The Kier molecular flexibility index (Phi) is 12.3. The fourth-order valence-electron chi connectivity index (χ4n) is 3.40. The van der Waals surface area contributed by atoms with Crippen LogP contribution in [0.5, 0.6) is 0 Å². The van der Waals surface area contributed by atoms with Crippen LogP contribution in [0.2, 0.25) is 0 Å². The molecule has 0 bridgehead atoms. The van der Waals surface area contributed by atoms with Gasteiger partial charge in [0.1, 0.15) is 36.8 Å². The highest BCUT2D eigenvalue weighted by atomic mass is 19.1. The van der Waals surface area contributed by atoms with Crippen LogP contribution < -0.4 is 15.9 Å². The van der Waals surface area contributed by atoms with Crippen LogP contribution in [0.3, 0.4) is 0 Å². The Balaban J connectivity index is 1.37. The molecule has 3 rings (SSSR count). The van der Waals surface area contributed by atoms with Crippen molar-refractivity contribution in [3.63, 3.8) is 0 Å². The molecule has 0 aliphatic heterocycles. The molecular formula is C26H32FN3O6. The minimum Gasteiger partial charge on any atom is -0.377 e. The number of nitrogens with one attached hydrogen (secondary N) is 1. The van der Waals surface area contributed by atoms with E-state index in [9.17, 15) is 4.39 Å². The van der Waals surface area contributed by atoms with Crippen molar-refractivity contribution in [3.8, 4) is 12.3 Å². The van der Waals surface area contributed by atoms with Crippen LogP contribution >= 0.6 is 0 Å². The monoisotopic (exact) mass is 501 g/mol. The summed E-state index contributed by atoms with van der Waals surface area (Å²) in [6, 6.07) is 6.19. The molecule has 0 saturated heterocycles. The molecule has 0 radical (unpaired) electrons. The fraction of sp³-hybridized carbons (Fsp3) is 0.462. The van der Waals surface area contributed by atoms with Crippen LogP contribution in [0.1, 0.15) is 0 Å². The van der Waals surface area contributed by atoms with E-state index in [2.05, 4.69) is 21.2 Å². The number of methoxy groups -OCH3 is 1. The molecule has 1 aromatic heterocycles. The summed E-state index contributed by atoms with van der Waals surface area (Å²) in [5.74, 6) is 2.63. The summed E-state index contributed by atoms with van der Waals surface area (Å²) >= 11 is 0. The average molecular weight is 502 g/mol. The molecule has 0 spiro atoms. The molecule has 9 nitrogen and oxygen atoms in total. The molecule has 0 amide bonds. The van der Waals surface area contributed by atoms with E-state index in [-0.39, 0.29) is 18.0 Å². The summed E-state index contributed by atoms with van der Waals surface area (Å²) in [6.45, 7) is 3.93. The molecule has 10 heteroatoms. The van der Waals surface area contributed by atoms with Crippen LogP contribution in [-0.4, -0.2) is 88.7 Å². The number of terminal acetylenes is 1. The van der Waals surface area contributed by atoms with Gasteiger partial charge in [0.25, 0.3) is 0 Å². The van der Waals surface area contributed by atoms with E-state index in [0.717, 1.165) is 5.22 Å². The third-order valence-corrected chi connectivity index (χ3v) is 5.09. The fourth-order valence-corrected chi connectivity index (χ4v) is 3.40. The van der Waals surface area contributed by atoms with Gasteiger partial charge in [-0.05, 0) is 30.4 Å². The summed E-state index contributed by atoms with van der Waals surface area (Å²) in [6.07, 6.45) is 9.67. The topological polar surface area (TPSA) is 93.2 Å². The second-order valence-electron chi connectivity index (χ2n) is 7.62. The number of anilines is 2. The summed E-state index contributed by atoms with van der Waals surface area (Å²) in [5, 5.41) is 4.62. The van der Waals surface area contributed by atoms with E-state index in [1.54, 1.807) is 19.2 Å². The Morgan fingerprint density at radius 2 is 1.61 bits per heavy atom. The Morgan fingerprint density at radius 3 is 2.28 bits per heavy atom. The van der Waals surface area contributed by atoms with Crippen molar-refractivity contribution in [2.75, 3.05) is 71.9 Å².